The lowest BCUT2D eigenvalue weighted by Gasteiger charge is -2.31. The average molecular weight is 974 g/mol. The highest BCUT2D eigenvalue weighted by molar-refractivity contribution is 5.78. The molecule has 0 radical (unpaired) electrons. The first kappa shape index (κ1) is 60.9. The second-order valence-corrected chi connectivity index (χ2v) is 19.0. The molecule has 70 heavy (non-hydrogen) atoms. The van der Waals surface area contributed by atoms with Crippen LogP contribution >= 0.6 is 0 Å². The summed E-state index contributed by atoms with van der Waals surface area (Å²) in [7, 11) is 0. The zero-order valence-corrected chi connectivity index (χ0v) is 43.7. The van der Waals surface area contributed by atoms with E-state index in [1.807, 2.05) is 36.4 Å². The summed E-state index contributed by atoms with van der Waals surface area (Å²) in [5.74, 6) is 1.38. The SMILES string of the molecule is NC(N)=NCCCCCCCCCN(CCCCCCCCCNC(N)=NCc1ccccc1)C(=O)N(CCCCCCCCCN=C(N)N)CCCCCCCCCNC(N)=NCc1ccccc1. The number of urea groups is 1. The number of hydrogen-bond acceptors (Lipinski definition) is 5. The molecule has 0 aliphatic carbocycles. The minimum atomic E-state index is 0.173. The van der Waals surface area contributed by atoms with Crippen molar-refractivity contribution in [1.29, 1.82) is 0 Å². The van der Waals surface area contributed by atoms with Gasteiger partial charge in [0.2, 0.25) is 0 Å². The Bertz CT molecular complexity index is 1530. The lowest BCUT2D eigenvalue weighted by atomic mass is 10.1. The molecule has 2 aromatic rings. The minimum absolute atomic E-state index is 0.173. The fourth-order valence-electron chi connectivity index (χ4n) is 8.51. The predicted molar refractivity (Wildman–Crippen MR) is 299 cm³/mol. The van der Waals surface area contributed by atoms with Crippen LogP contribution in [-0.2, 0) is 13.1 Å². The number of guanidine groups is 4. The van der Waals surface area contributed by atoms with E-state index in [0.717, 1.165) is 140 Å². The maximum Gasteiger partial charge on any atom is 0.319 e. The maximum absolute atomic E-state index is 14.5. The van der Waals surface area contributed by atoms with Crippen LogP contribution < -0.4 is 45.0 Å². The molecule has 2 amide bonds. The molecule has 0 aliphatic rings. The molecule has 15 nitrogen and oxygen atoms in total. The molecule has 0 aliphatic heterocycles. The zero-order chi connectivity index (χ0) is 50.4. The molecule has 14 N–H and O–H groups in total. The number of aliphatic imine (C=N–C) groups is 4. The molecule has 2 rings (SSSR count). The number of nitrogens with zero attached hydrogens (tertiary/aromatic N) is 6. The highest BCUT2D eigenvalue weighted by Gasteiger charge is 2.20. The van der Waals surface area contributed by atoms with Crippen molar-refractivity contribution in [2.24, 2.45) is 54.4 Å². The van der Waals surface area contributed by atoms with Gasteiger partial charge in [0.05, 0.1) is 13.1 Å². The number of unbranched alkanes of at least 4 members (excludes halogenated alkanes) is 24. The van der Waals surface area contributed by atoms with Crippen LogP contribution in [-0.4, -0.2) is 92.0 Å². The van der Waals surface area contributed by atoms with E-state index in [1.165, 1.54) is 89.9 Å². The maximum atomic E-state index is 14.5. The van der Waals surface area contributed by atoms with Gasteiger partial charge in [0.25, 0.3) is 0 Å². The van der Waals surface area contributed by atoms with E-state index in [9.17, 15) is 4.79 Å². The summed E-state index contributed by atoms with van der Waals surface area (Å²) in [5, 5.41) is 6.53. The van der Waals surface area contributed by atoms with E-state index in [0.29, 0.717) is 38.1 Å². The highest BCUT2D eigenvalue weighted by Crippen LogP contribution is 2.16. The van der Waals surface area contributed by atoms with Gasteiger partial charge >= 0.3 is 6.03 Å². The molecule has 0 heterocycles. The predicted octanol–water partition coefficient (Wildman–Crippen LogP) is 9.39. The number of carbonyl (C=O) groups excluding carboxylic acids is 1. The van der Waals surface area contributed by atoms with E-state index >= 15 is 0 Å². The van der Waals surface area contributed by atoms with E-state index in [4.69, 9.17) is 34.4 Å². The van der Waals surface area contributed by atoms with E-state index in [-0.39, 0.29) is 18.0 Å². The van der Waals surface area contributed by atoms with Crippen molar-refractivity contribution in [2.75, 3.05) is 52.4 Å². The van der Waals surface area contributed by atoms with Gasteiger partial charge in [-0.15, -0.1) is 0 Å². The second-order valence-electron chi connectivity index (χ2n) is 19.0. The Morgan fingerprint density at radius 1 is 0.357 bits per heavy atom. The molecule has 0 saturated heterocycles. The van der Waals surface area contributed by atoms with Crippen molar-refractivity contribution in [3.63, 3.8) is 0 Å². The van der Waals surface area contributed by atoms with Crippen LogP contribution in [0.5, 0.6) is 0 Å². The van der Waals surface area contributed by atoms with E-state index in [2.05, 4.69) is 64.7 Å². The Kier molecular flexibility index (Phi) is 38.1. The van der Waals surface area contributed by atoms with E-state index < -0.39 is 0 Å². The normalized spacial score (nSPS) is 11.6. The molecule has 0 spiro atoms. The average Bonchev–Trinajstić information content (AvgIpc) is 3.36. The molecular formula is C55H100N14O. The summed E-state index contributed by atoms with van der Waals surface area (Å²) in [4.78, 5) is 36.0. The molecule has 2 aromatic carbocycles. The number of benzene rings is 2. The number of nitrogens with one attached hydrogen (secondary N) is 2. The van der Waals surface area contributed by atoms with Crippen LogP contribution in [0.1, 0.15) is 191 Å². The first-order chi connectivity index (χ1) is 34.2. The van der Waals surface area contributed by atoms with Gasteiger partial charge in [-0.05, 0) is 62.5 Å². The Labute approximate surface area is 425 Å². The van der Waals surface area contributed by atoms with Gasteiger partial charge in [-0.3, -0.25) is 9.98 Å². The third-order valence-corrected chi connectivity index (χ3v) is 12.7. The highest BCUT2D eigenvalue weighted by atomic mass is 16.2. The van der Waals surface area contributed by atoms with Gasteiger partial charge in [-0.25, -0.2) is 14.8 Å². The van der Waals surface area contributed by atoms with Crippen molar-refractivity contribution in [3.8, 4) is 0 Å². The largest absolute Gasteiger partial charge is 0.370 e. The summed E-state index contributed by atoms with van der Waals surface area (Å²) in [6.45, 7) is 7.65. The number of nitrogens with two attached hydrogens (primary N) is 6. The lowest BCUT2D eigenvalue weighted by Crippen LogP contribution is -2.45. The second kappa shape index (κ2) is 43.8. The van der Waals surface area contributed by atoms with Crippen molar-refractivity contribution in [1.82, 2.24) is 20.4 Å². The molecule has 0 fully saturated rings. The molecule has 396 valence electrons. The Balaban J connectivity index is 1.83. The molecule has 0 bridgehead atoms. The van der Waals surface area contributed by atoms with Gasteiger partial charge in [-0.1, -0.05) is 189 Å². The summed E-state index contributed by atoms with van der Waals surface area (Å²) in [6, 6.07) is 20.6. The first-order valence-electron chi connectivity index (χ1n) is 27.5. The van der Waals surface area contributed by atoms with E-state index in [1.54, 1.807) is 0 Å². The summed E-state index contributed by atoms with van der Waals surface area (Å²) in [6.07, 6.45) is 32.1. The van der Waals surface area contributed by atoms with Gasteiger partial charge in [-0.2, -0.15) is 0 Å². The monoisotopic (exact) mass is 973 g/mol. The summed E-state index contributed by atoms with van der Waals surface area (Å²) < 4.78 is 0. The van der Waals surface area contributed by atoms with Crippen molar-refractivity contribution in [2.45, 2.75) is 193 Å². The van der Waals surface area contributed by atoms with Crippen LogP contribution in [0, 0.1) is 0 Å². The van der Waals surface area contributed by atoms with Gasteiger partial charge in [0, 0.05) is 52.4 Å². The van der Waals surface area contributed by atoms with Gasteiger partial charge in [0.1, 0.15) is 0 Å². The Morgan fingerprint density at radius 3 is 0.929 bits per heavy atom. The number of carbonyl (C=O) groups is 1. The fourth-order valence-corrected chi connectivity index (χ4v) is 8.51. The standard InChI is InChI=1S/C55H100N14O/c56-51(57)62-39-27-13-5-1-9-17-31-43-68(45-33-19-11-3-7-15-29-41-64-53(60)66-47-49-35-23-21-24-36-49)55(70)69(44-32-18-10-2-6-14-28-40-63-52(58)59)46-34-20-12-4-8-16-30-42-65-54(61)67-48-50-37-25-22-26-38-50/h21-26,35-38H,1-20,27-34,39-48H2,(H4,56,57,62)(H4,58,59,63)(H3,60,64,66)(H3,61,65,67). The first-order valence-corrected chi connectivity index (χ1v) is 27.5. The molecule has 0 atom stereocenters. The smallest absolute Gasteiger partial charge is 0.319 e. The molecule has 15 heteroatoms. The molecular weight excluding hydrogens is 873 g/mol. The zero-order valence-electron chi connectivity index (χ0n) is 43.7. The fraction of sp³-hybridized carbons (Fsp3) is 0.691. The third-order valence-electron chi connectivity index (χ3n) is 12.7. The number of hydrogen-bond donors (Lipinski definition) is 8. The van der Waals surface area contributed by atoms with Crippen LogP contribution in [0.2, 0.25) is 0 Å². The summed E-state index contributed by atoms with van der Waals surface area (Å²) >= 11 is 0. The van der Waals surface area contributed by atoms with Crippen LogP contribution in [0.3, 0.4) is 0 Å². The van der Waals surface area contributed by atoms with Gasteiger partial charge < -0.3 is 54.8 Å². The van der Waals surface area contributed by atoms with Crippen molar-refractivity contribution in [3.05, 3.63) is 71.8 Å². The van der Waals surface area contributed by atoms with Crippen molar-refractivity contribution >= 4 is 29.9 Å². The minimum Gasteiger partial charge on any atom is -0.370 e. The molecule has 0 saturated carbocycles. The topological polar surface area (TPSA) is 253 Å². The van der Waals surface area contributed by atoms with Crippen LogP contribution in [0.15, 0.2) is 80.6 Å². The van der Waals surface area contributed by atoms with Crippen LogP contribution in [0.4, 0.5) is 4.79 Å². The molecule has 0 aromatic heterocycles. The summed E-state index contributed by atoms with van der Waals surface area (Å²) in [5.41, 5.74) is 36.4. The number of rotatable bonds is 44. The quantitative estimate of drug-likeness (QED) is 0.0179. The third kappa shape index (κ3) is 36.7. The van der Waals surface area contributed by atoms with Crippen molar-refractivity contribution < 1.29 is 4.79 Å². The number of amides is 2. The Hall–Kier alpha value is -5.21. The Morgan fingerprint density at radius 2 is 0.629 bits per heavy atom. The van der Waals surface area contributed by atoms with Crippen LogP contribution in [0.25, 0.3) is 0 Å². The lowest BCUT2D eigenvalue weighted by molar-refractivity contribution is 0.148. The van der Waals surface area contributed by atoms with Gasteiger partial charge in [0.15, 0.2) is 23.8 Å². The molecule has 0 unspecified atom stereocenters.